The van der Waals surface area contributed by atoms with Crippen molar-refractivity contribution in [2.24, 2.45) is 0 Å². The number of furan rings is 1. The second-order valence-corrected chi connectivity index (χ2v) is 9.33. The van der Waals surface area contributed by atoms with E-state index in [1.165, 1.54) is 0 Å². The van der Waals surface area contributed by atoms with E-state index >= 15 is 0 Å². The van der Waals surface area contributed by atoms with Gasteiger partial charge in [0.25, 0.3) is 0 Å². The molecule has 0 fully saturated rings. The monoisotopic (exact) mass is 412 g/mol. The van der Waals surface area contributed by atoms with Gasteiger partial charge in [-0.15, -0.1) is 0 Å². The number of hydrogen-bond donors (Lipinski definition) is 1. The summed E-state index contributed by atoms with van der Waals surface area (Å²) in [6.07, 6.45) is 2.66. The minimum Gasteiger partial charge on any atom is -0.464 e. The molecule has 2 aromatic heterocycles. The summed E-state index contributed by atoms with van der Waals surface area (Å²) in [5.74, 6) is -0.167. The average Bonchev–Trinajstić information content (AvgIpc) is 3.08. The van der Waals surface area contributed by atoms with E-state index in [0.717, 1.165) is 46.0 Å². The molecule has 0 unspecified atom stereocenters. The third-order valence-electron chi connectivity index (χ3n) is 5.59. The van der Waals surface area contributed by atoms with Crippen LogP contribution in [0.25, 0.3) is 21.9 Å². The molecule has 2 heterocycles. The third-order valence-corrected chi connectivity index (χ3v) is 5.59. The minimum absolute atomic E-state index is 0.0146. The molecular formula is C24H32N2O4. The lowest BCUT2D eigenvalue weighted by Gasteiger charge is -2.17. The molecule has 0 radical (unpaired) electrons. The number of nitrogens with zero attached hydrogens (tertiary/aromatic N) is 1. The molecule has 0 aliphatic heterocycles. The van der Waals surface area contributed by atoms with Crippen molar-refractivity contribution in [1.82, 2.24) is 10.2 Å². The fourth-order valence-electron chi connectivity index (χ4n) is 3.83. The summed E-state index contributed by atoms with van der Waals surface area (Å²) in [4.78, 5) is 27.1. The molecule has 1 N–H and O–H groups in total. The maximum Gasteiger partial charge on any atom is 0.340 e. The van der Waals surface area contributed by atoms with Gasteiger partial charge in [0.2, 0.25) is 5.91 Å². The fourth-order valence-corrected chi connectivity index (χ4v) is 3.83. The Labute approximate surface area is 177 Å². The molecule has 30 heavy (non-hydrogen) atoms. The summed E-state index contributed by atoms with van der Waals surface area (Å²) in [5, 5.41) is 4.76. The van der Waals surface area contributed by atoms with Gasteiger partial charge in [0.05, 0.1) is 18.2 Å². The number of carbonyl (C=O) groups is 1. The zero-order chi connectivity index (χ0) is 22.2. The highest BCUT2D eigenvalue weighted by molar-refractivity contribution is 6.00. The van der Waals surface area contributed by atoms with E-state index in [0.29, 0.717) is 17.7 Å². The Morgan fingerprint density at radius 1 is 1.10 bits per heavy atom. The van der Waals surface area contributed by atoms with Gasteiger partial charge in [0.1, 0.15) is 11.2 Å². The number of hydrogen-bond acceptors (Lipinski definition) is 5. The molecule has 0 saturated carbocycles. The van der Waals surface area contributed by atoms with Gasteiger partial charge in [-0.05, 0) is 58.0 Å². The minimum atomic E-state index is -0.464. The molecule has 0 aliphatic rings. The number of aryl methyl sites for hydroxylation is 2. The van der Waals surface area contributed by atoms with Gasteiger partial charge in [-0.25, -0.2) is 4.79 Å². The highest BCUT2D eigenvalue weighted by Gasteiger charge is 2.24. The molecule has 3 rings (SSSR count). The van der Waals surface area contributed by atoms with Crippen molar-refractivity contribution < 1.29 is 13.6 Å². The van der Waals surface area contributed by atoms with Crippen molar-refractivity contribution in [3.63, 3.8) is 0 Å². The Morgan fingerprint density at radius 3 is 2.43 bits per heavy atom. The zero-order valence-corrected chi connectivity index (χ0v) is 19.1. The third kappa shape index (κ3) is 4.29. The Morgan fingerprint density at radius 2 is 1.80 bits per heavy atom. The van der Waals surface area contributed by atoms with Gasteiger partial charge in [0, 0.05) is 28.4 Å². The Bertz CT molecular complexity index is 1150. The first kappa shape index (κ1) is 22.1. The lowest BCUT2D eigenvalue weighted by atomic mass is 9.86. The molecule has 0 aliphatic carbocycles. The van der Waals surface area contributed by atoms with Crippen molar-refractivity contribution in [2.45, 2.75) is 52.9 Å². The molecule has 6 heteroatoms. The van der Waals surface area contributed by atoms with E-state index in [9.17, 15) is 9.59 Å². The lowest BCUT2D eigenvalue weighted by Crippen LogP contribution is -2.30. The average molecular weight is 413 g/mol. The van der Waals surface area contributed by atoms with Crippen LogP contribution in [0, 0.1) is 13.8 Å². The van der Waals surface area contributed by atoms with Crippen LogP contribution >= 0.6 is 0 Å². The van der Waals surface area contributed by atoms with Crippen molar-refractivity contribution in [1.29, 1.82) is 0 Å². The Kier molecular flexibility index (Phi) is 6.09. The zero-order valence-electron chi connectivity index (χ0n) is 19.1. The first-order valence-electron chi connectivity index (χ1n) is 10.4. The summed E-state index contributed by atoms with van der Waals surface area (Å²) >= 11 is 0. The summed E-state index contributed by atoms with van der Waals surface area (Å²) in [6, 6.07) is 2.03. The molecule has 162 valence electrons. The van der Waals surface area contributed by atoms with Gasteiger partial charge in [-0.1, -0.05) is 20.8 Å². The standard InChI is InChI=1S/C24H32N2O4/c1-14-16-11-18-19(24(3,4)5)13-29-21(18)15(2)22(16)30-23(28)17(14)12-20(27)25-9-8-10-26(6)7/h11,13H,8-10,12H2,1-7H3,(H,25,27). The Balaban J connectivity index is 2.00. The molecule has 3 aromatic rings. The van der Waals surface area contributed by atoms with E-state index in [4.69, 9.17) is 8.83 Å². The first-order chi connectivity index (χ1) is 14.0. The predicted molar refractivity (Wildman–Crippen MR) is 120 cm³/mol. The maximum atomic E-state index is 12.7. The van der Waals surface area contributed by atoms with Gasteiger partial charge in [-0.2, -0.15) is 0 Å². The topological polar surface area (TPSA) is 75.7 Å². The summed E-state index contributed by atoms with van der Waals surface area (Å²) in [7, 11) is 3.99. The molecule has 0 bridgehead atoms. The highest BCUT2D eigenvalue weighted by atomic mass is 16.4. The number of benzene rings is 1. The van der Waals surface area contributed by atoms with E-state index in [2.05, 4.69) is 31.0 Å². The molecular weight excluding hydrogens is 380 g/mol. The second kappa shape index (κ2) is 8.26. The van der Waals surface area contributed by atoms with E-state index in [-0.39, 0.29) is 17.7 Å². The molecule has 0 saturated heterocycles. The SMILES string of the molecule is Cc1c(CC(=O)NCCCN(C)C)c(=O)oc2c(C)c3occ(C(C)(C)C)c3cc12. The van der Waals surface area contributed by atoms with Crippen molar-refractivity contribution in [2.75, 3.05) is 27.2 Å². The Hall–Kier alpha value is -2.60. The van der Waals surface area contributed by atoms with Gasteiger partial charge < -0.3 is 19.1 Å². The fraction of sp³-hybridized carbons (Fsp3) is 0.500. The number of fused-ring (bicyclic) bond motifs is 2. The van der Waals surface area contributed by atoms with Gasteiger partial charge >= 0.3 is 5.63 Å². The quantitative estimate of drug-likeness (QED) is 0.488. The van der Waals surface area contributed by atoms with Crippen molar-refractivity contribution in [3.8, 4) is 0 Å². The van der Waals surface area contributed by atoms with Gasteiger partial charge in [-0.3, -0.25) is 4.79 Å². The number of amides is 1. The van der Waals surface area contributed by atoms with Crippen LogP contribution in [0.1, 0.15) is 49.4 Å². The van der Waals surface area contributed by atoms with Crippen LogP contribution in [0.15, 0.2) is 26.0 Å². The molecule has 0 atom stereocenters. The van der Waals surface area contributed by atoms with Gasteiger partial charge in [0.15, 0.2) is 0 Å². The van der Waals surface area contributed by atoms with Crippen LogP contribution in [0.3, 0.4) is 0 Å². The van der Waals surface area contributed by atoms with Crippen molar-refractivity contribution in [3.05, 3.63) is 45.0 Å². The maximum absolute atomic E-state index is 12.7. The molecule has 1 amide bonds. The van der Waals surface area contributed by atoms with E-state index in [1.54, 1.807) is 6.26 Å². The van der Waals surface area contributed by atoms with E-state index in [1.807, 2.05) is 34.0 Å². The smallest absolute Gasteiger partial charge is 0.340 e. The van der Waals surface area contributed by atoms with Crippen molar-refractivity contribution >= 4 is 27.8 Å². The molecule has 6 nitrogen and oxygen atoms in total. The highest BCUT2D eigenvalue weighted by Crippen LogP contribution is 2.37. The summed E-state index contributed by atoms with van der Waals surface area (Å²) in [5.41, 5.74) is 3.82. The number of rotatable bonds is 6. The number of carbonyl (C=O) groups excluding carboxylic acids is 1. The second-order valence-electron chi connectivity index (χ2n) is 9.33. The lowest BCUT2D eigenvalue weighted by molar-refractivity contribution is -0.120. The van der Waals surface area contributed by atoms with Crippen LogP contribution in [0.4, 0.5) is 0 Å². The van der Waals surface area contributed by atoms with E-state index < -0.39 is 5.63 Å². The van der Waals surface area contributed by atoms with Crippen LogP contribution < -0.4 is 10.9 Å². The first-order valence-corrected chi connectivity index (χ1v) is 10.4. The normalized spacial score (nSPS) is 12.3. The molecule has 0 spiro atoms. The van der Waals surface area contributed by atoms with Crippen LogP contribution in [-0.4, -0.2) is 38.0 Å². The van der Waals surface area contributed by atoms with Crippen LogP contribution in [0.5, 0.6) is 0 Å². The predicted octanol–water partition coefficient (Wildman–Crippen LogP) is 4.06. The van der Waals surface area contributed by atoms with Crippen LogP contribution in [-0.2, 0) is 16.6 Å². The molecule has 1 aromatic carbocycles. The largest absolute Gasteiger partial charge is 0.464 e. The number of nitrogens with one attached hydrogen (secondary N) is 1. The van der Waals surface area contributed by atoms with Crippen LogP contribution in [0.2, 0.25) is 0 Å². The summed E-state index contributed by atoms with van der Waals surface area (Å²) in [6.45, 7) is 11.7. The summed E-state index contributed by atoms with van der Waals surface area (Å²) < 4.78 is 11.5.